The summed E-state index contributed by atoms with van der Waals surface area (Å²) in [6, 6.07) is 5.06. The first-order chi connectivity index (χ1) is 6.47. The zero-order valence-electron chi connectivity index (χ0n) is 8.04. The van der Waals surface area contributed by atoms with Crippen molar-refractivity contribution in [2.24, 2.45) is 0 Å². The molecule has 0 aliphatic rings. The summed E-state index contributed by atoms with van der Waals surface area (Å²) in [6.07, 6.45) is 0. The maximum Gasteiger partial charge on any atom is 0.232 e. The molecule has 4 heteroatoms. The van der Waals surface area contributed by atoms with Crippen LogP contribution in [0, 0.1) is 0 Å². The molecule has 2 N–H and O–H groups in total. The predicted octanol–water partition coefficient (Wildman–Crippen LogP) is 2.61. The van der Waals surface area contributed by atoms with Crippen LogP contribution in [0.4, 0.5) is 10.1 Å². The molecule has 0 unspecified atom stereocenters. The van der Waals surface area contributed by atoms with Gasteiger partial charge < -0.3 is 10.2 Å². The van der Waals surface area contributed by atoms with Crippen LogP contribution in [0.1, 0.15) is 19.7 Å². The summed E-state index contributed by atoms with van der Waals surface area (Å²) in [5, 5.41) is 0. The lowest BCUT2D eigenvalue weighted by atomic mass is 10.2. The van der Waals surface area contributed by atoms with Gasteiger partial charge in [-0.15, -0.1) is 0 Å². The van der Waals surface area contributed by atoms with E-state index in [1.807, 2.05) is 0 Å². The third-order valence-electron chi connectivity index (χ3n) is 1.92. The highest BCUT2D eigenvalue weighted by atomic mass is 19.1. The van der Waals surface area contributed by atoms with Crippen LogP contribution in [0.25, 0.3) is 11.1 Å². The van der Waals surface area contributed by atoms with Gasteiger partial charge in [-0.25, -0.2) is 9.37 Å². The highest BCUT2D eigenvalue weighted by Crippen LogP contribution is 2.28. The van der Waals surface area contributed by atoms with Crippen molar-refractivity contribution in [3.63, 3.8) is 0 Å². The van der Waals surface area contributed by atoms with Gasteiger partial charge in [-0.3, -0.25) is 0 Å². The highest BCUT2D eigenvalue weighted by molar-refractivity contribution is 5.76. The molecule has 0 aliphatic carbocycles. The molecule has 0 fully saturated rings. The first-order valence-electron chi connectivity index (χ1n) is 4.32. The van der Waals surface area contributed by atoms with Gasteiger partial charge in [0.15, 0.2) is 11.3 Å². The Hall–Kier alpha value is -1.58. The number of oxazole rings is 1. The minimum Gasteiger partial charge on any atom is -0.437 e. The zero-order valence-corrected chi connectivity index (χ0v) is 8.04. The van der Waals surface area contributed by atoms with Crippen LogP contribution in [-0.2, 0) is 5.67 Å². The van der Waals surface area contributed by atoms with E-state index in [0.717, 1.165) is 0 Å². The van der Waals surface area contributed by atoms with Crippen molar-refractivity contribution in [3.8, 4) is 0 Å². The molecule has 2 rings (SSSR count). The number of anilines is 1. The van der Waals surface area contributed by atoms with E-state index >= 15 is 0 Å². The van der Waals surface area contributed by atoms with Crippen LogP contribution in [0.3, 0.4) is 0 Å². The topological polar surface area (TPSA) is 52.0 Å². The molecule has 1 aromatic carbocycles. The number of alkyl halides is 1. The van der Waals surface area contributed by atoms with E-state index in [2.05, 4.69) is 4.98 Å². The van der Waals surface area contributed by atoms with Gasteiger partial charge in [0.1, 0.15) is 5.52 Å². The van der Waals surface area contributed by atoms with Crippen molar-refractivity contribution in [3.05, 3.63) is 24.1 Å². The van der Waals surface area contributed by atoms with E-state index in [1.165, 1.54) is 13.8 Å². The number of halogens is 1. The molecule has 0 spiro atoms. The average molecular weight is 194 g/mol. The lowest BCUT2D eigenvalue weighted by Gasteiger charge is -2.06. The van der Waals surface area contributed by atoms with Crippen molar-refractivity contribution in [1.82, 2.24) is 4.98 Å². The molecule has 14 heavy (non-hydrogen) atoms. The number of benzene rings is 1. The molecular weight excluding hydrogens is 183 g/mol. The smallest absolute Gasteiger partial charge is 0.232 e. The molecule has 0 saturated carbocycles. The van der Waals surface area contributed by atoms with Crippen molar-refractivity contribution in [2.75, 3.05) is 5.73 Å². The molecule has 1 aromatic heterocycles. The standard InChI is InChI=1S/C10H11FN2O/c1-10(2,11)9-13-7-4-3-6(12)5-8(7)14-9/h3-5H,12H2,1-2H3. The van der Waals surface area contributed by atoms with Gasteiger partial charge in [-0.1, -0.05) is 0 Å². The van der Waals surface area contributed by atoms with Gasteiger partial charge in [0.2, 0.25) is 5.89 Å². The molecule has 0 amide bonds. The Kier molecular flexibility index (Phi) is 1.74. The highest BCUT2D eigenvalue weighted by Gasteiger charge is 2.25. The largest absolute Gasteiger partial charge is 0.437 e. The van der Waals surface area contributed by atoms with Crippen LogP contribution in [0.2, 0.25) is 0 Å². The minimum absolute atomic E-state index is 0.0816. The van der Waals surface area contributed by atoms with Gasteiger partial charge in [0.05, 0.1) is 0 Å². The van der Waals surface area contributed by atoms with Crippen molar-refractivity contribution < 1.29 is 8.81 Å². The third kappa shape index (κ3) is 1.43. The van der Waals surface area contributed by atoms with E-state index in [0.29, 0.717) is 16.8 Å². The molecule has 74 valence electrons. The maximum atomic E-state index is 13.5. The number of aromatic nitrogens is 1. The summed E-state index contributed by atoms with van der Waals surface area (Å²) in [4.78, 5) is 4.03. The van der Waals surface area contributed by atoms with Crippen molar-refractivity contribution in [1.29, 1.82) is 0 Å². The molecule has 0 saturated heterocycles. The van der Waals surface area contributed by atoms with Gasteiger partial charge in [-0.2, -0.15) is 0 Å². The fraction of sp³-hybridized carbons (Fsp3) is 0.300. The molecular formula is C10H11FN2O. The Bertz CT molecular complexity index is 470. The number of nitrogen functional groups attached to an aromatic ring is 1. The molecule has 0 atom stereocenters. The van der Waals surface area contributed by atoms with Gasteiger partial charge in [0, 0.05) is 11.8 Å². The second kappa shape index (κ2) is 2.70. The van der Waals surface area contributed by atoms with Gasteiger partial charge in [-0.05, 0) is 26.0 Å². The monoisotopic (exact) mass is 194 g/mol. The zero-order chi connectivity index (χ0) is 10.3. The maximum absolute atomic E-state index is 13.5. The quantitative estimate of drug-likeness (QED) is 0.710. The van der Waals surface area contributed by atoms with Crippen LogP contribution >= 0.6 is 0 Å². The summed E-state index contributed by atoms with van der Waals surface area (Å²) in [5.41, 5.74) is 5.72. The molecule has 3 nitrogen and oxygen atoms in total. The van der Waals surface area contributed by atoms with Crippen molar-refractivity contribution in [2.45, 2.75) is 19.5 Å². The second-order valence-electron chi connectivity index (χ2n) is 3.72. The lowest BCUT2D eigenvalue weighted by Crippen LogP contribution is -2.08. The Labute approximate surface area is 80.7 Å². The van der Waals surface area contributed by atoms with Crippen LogP contribution < -0.4 is 5.73 Å². The lowest BCUT2D eigenvalue weighted by molar-refractivity contribution is 0.174. The average Bonchev–Trinajstić information content (AvgIpc) is 2.45. The Morgan fingerprint density at radius 2 is 2.14 bits per heavy atom. The fourth-order valence-corrected chi connectivity index (χ4v) is 1.20. The van der Waals surface area contributed by atoms with Crippen LogP contribution in [0.15, 0.2) is 22.6 Å². The first-order valence-corrected chi connectivity index (χ1v) is 4.32. The number of hydrogen-bond donors (Lipinski definition) is 1. The second-order valence-corrected chi connectivity index (χ2v) is 3.72. The van der Waals surface area contributed by atoms with Crippen LogP contribution in [0.5, 0.6) is 0 Å². The third-order valence-corrected chi connectivity index (χ3v) is 1.92. The molecule has 0 aliphatic heterocycles. The van der Waals surface area contributed by atoms with E-state index in [9.17, 15) is 4.39 Å². The molecule has 1 heterocycles. The van der Waals surface area contributed by atoms with Gasteiger partial charge >= 0.3 is 0 Å². The minimum atomic E-state index is -1.56. The summed E-state index contributed by atoms with van der Waals surface area (Å²) in [5.74, 6) is 0.0816. The van der Waals surface area contributed by atoms with Crippen molar-refractivity contribution >= 4 is 16.8 Å². The number of rotatable bonds is 1. The molecule has 0 bridgehead atoms. The summed E-state index contributed by atoms with van der Waals surface area (Å²) < 4.78 is 18.7. The van der Waals surface area contributed by atoms with Crippen LogP contribution in [-0.4, -0.2) is 4.98 Å². The Morgan fingerprint density at radius 3 is 2.79 bits per heavy atom. The predicted molar refractivity (Wildman–Crippen MR) is 52.6 cm³/mol. The number of nitrogens with zero attached hydrogens (tertiary/aromatic N) is 1. The number of hydrogen-bond acceptors (Lipinski definition) is 3. The fourth-order valence-electron chi connectivity index (χ4n) is 1.20. The summed E-state index contributed by atoms with van der Waals surface area (Å²) >= 11 is 0. The van der Waals surface area contributed by atoms with E-state index < -0.39 is 5.67 Å². The Morgan fingerprint density at radius 1 is 1.43 bits per heavy atom. The van der Waals surface area contributed by atoms with E-state index in [-0.39, 0.29) is 5.89 Å². The summed E-state index contributed by atoms with van der Waals surface area (Å²) in [7, 11) is 0. The number of fused-ring (bicyclic) bond motifs is 1. The van der Waals surface area contributed by atoms with E-state index in [4.69, 9.17) is 10.2 Å². The normalized spacial score (nSPS) is 12.2. The summed E-state index contributed by atoms with van der Waals surface area (Å²) in [6.45, 7) is 2.81. The van der Waals surface area contributed by atoms with Gasteiger partial charge in [0.25, 0.3) is 0 Å². The first kappa shape index (κ1) is 8.99. The Balaban J connectivity index is 2.63. The SMILES string of the molecule is CC(C)(F)c1nc2ccc(N)cc2o1. The molecule has 2 aromatic rings. The number of nitrogens with two attached hydrogens (primary N) is 1. The molecule has 0 radical (unpaired) electrons. The van der Waals surface area contributed by atoms with E-state index in [1.54, 1.807) is 18.2 Å².